The van der Waals surface area contributed by atoms with E-state index in [1.165, 1.54) is 4.90 Å². The van der Waals surface area contributed by atoms with Gasteiger partial charge in [0.25, 0.3) is 0 Å². The van der Waals surface area contributed by atoms with Crippen LogP contribution in [0.4, 0.5) is 4.79 Å². The molecule has 2 heterocycles. The van der Waals surface area contributed by atoms with Crippen molar-refractivity contribution in [3.63, 3.8) is 0 Å². The van der Waals surface area contributed by atoms with Gasteiger partial charge in [-0.15, -0.1) is 0 Å². The molecule has 0 radical (unpaired) electrons. The molecule has 0 aromatic carbocycles. The average Bonchev–Trinajstić information content (AvgIpc) is 2.97. The van der Waals surface area contributed by atoms with Crippen LogP contribution in [-0.4, -0.2) is 52.6 Å². The van der Waals surface area contributed by atoms with Crippen molar-refractivity contribution in [1.82, 2.24) is 9.80 Å². The molecule has 2 fully saturated rings. The van der Waals surface area contributed by atoms with E-state index < -0.39 is 12.0 Å². The first-order chi connectivity index (χ1) is 8.50. The maximum atomic E-state index is 12.3. The summed E-state index contributed by atoms with van der Waals surface area (Å²) in [7, 11) is 0. The number of likely N-dealkylation sites (tertiary alicyclic amines) is 2. The van der Waals surface area contributed by atoms with Gasteiger partial charge in [-0.3, -0.25) is 0 Å². The second-order valence-corrected chi connectivity index (χ2v) is 5.71. The Balaban J connectivity index is 1.98. The van der Waals surface area contributed by atoms with Gasteiger partial charge in [-0.2, -0.15) is 0 Å². The number of carbonyl (C=O) groups is 2. The predicted octanol–water partition coefficient (Wildman–Crippen LogP) is 1.63. The summed E-state index contributed by atoms with van der Waals surface area (Å²) in [5, 5.41) is 9.10. The van der Waals surface area contributed by atoms with Gasteiger partial charge in [-0.1, -0.05) is 13.8 Å². The Bertz CT molecular complexity index is 343. The number of nitrogens with zero attached hydrogens (tertiary/aromatic N) is 2. The molecule has 2 saturated heterocycles. The summed E-state index contributed by atoms with van der Waals surface area (Å²) in [6.07, 6.45) is 2.42. The molecule has 0 spiro atoms. The lowest BCUT2D eigenvalue weighted by atomic mass is 9.95. The molecule has 102 valence electrons. The van der Waals surface area contributed by atoms with E-state index in [-0.39, 0.29) is 6.03 Å². The number of carboxylic acids is 1. The van der Waals surface area contributed by atoms with Crippen molar-refractivity contribution in [1.29, 1.82) is 0 Å². The monoisotopic (exact) mass is 254 g/mol. The van der Waals surface area contributed by atoms with E-state index in [1.54, 1.807) is 0 Å². The van der Waals surface area contributed by atoms with Crippen LogP contribution in [0, 0.1) is 11.8 Å². The number of amides is 2. The fourth-order valence-corrected chi connectivity index (χ4v) is 2.94. The van der Waals surface area contributed by atoms with Crippen molar-refractivity contribution in [3.05, 3.63) is 0 Å². The Hall–Kier alpha value is -1.26. The van der Waals surface area contributed by atoms with Gasteiger partial charge < -0.3 is 14.9 Å². The van der Waals surface area contributed by atoms with Gasteiger partial charge in [-0.05, 0) is 31.1 Å². The quantitative estimate of drug-likeness (QED) is 0.814. The highest BCUT2D eigenvalue weighted by Gasteiger charge is 2.38. The highest BCUT2D eigenvalue weighted by atomic mass is 16.4. The van der Waals surface area contributed by atoms with E-state index in [2.05, 4.69) is 13.8 Å². The first-order valence-electron chi connectivity index (χ1n) is 6.79. The molecule has 2 atom stereocenters. The largest absolute Gasteiger partial charge is 0.480 e. The molecule has 0 aromatic heterocycles. The fourth-order valence-electron chi connectivity index (χ4n) is 2.94. The minimum atomic E-state index is -0.875. The molecule has 1 unspecified atom stereocenters. The average molecular weight is 254 g/mol. The van der Waals surface area contributed by atoms with E-state index >= 15 is 0 Å². The van der Waals surface area contributed by atoms with Crippen LogP contribution in [0.1, 0.15) is 33.1 Å². The molecule has 5 heteroatoms. The molecule has 2 rings (SSSR count). The number of carbonyl (C=O) groups excluding carboxylic acids is 1. The van der Waals surface area contributed by atoms with Crippen LogP contribution in [0.3, 0.4) is 0 Å². The Kier molecular flexibility index (Phi) is 3.78. The summed E-state index contributed by atoms with van der Waals surface area (Å²) in [5.74, 6) is 0.261. The molecule has 0 saturated carbocycles. The minimum absolute atomic E-state index is 0.0805. The molecular formula is C13H22N2O3. The summed E-state index contributed by atoms with van der Waals surface area (Å²) in [4.78, 5) is 26.8. The topological polar surface area (TPSA) is 60.9 Å². The number of aliphatic carboxylic acids is 1. The molecule has 1 N–H and O–H groups in total. The molecule has 2 aliphatic heterocycles. The molecule has 2 aliphatic rings. The Labute approximate surface area is 108 Å². The zero-order chi connectivity index (χ0) is 13.3. The molecule has 18 heavy (non-hydrogen) atoms. The first kappa shape index (κ1) is 13.2. The van der Waals surface area contributed by atoms with Crippen molar-refractivity contribution < 1.29 is 14.7 Å². The number of rotatable bonds is 2. The maximum Gasteiger partial charge on any atom is 0.326 e. The molecule has 0 bridgehead atoms. The predicted molar refractivity (Wildman–Crippen MR) is 67.3 cm³/mol. The third kappa shape index (κ3) is 2.44. The van der Waals surface area contributed by atoms with Gasteiger partial charge in [0.05, 0.1) is 0 Å². The van der Waals surface area contributed by atoms with Crippen molar-refractivity contribution in [2.45, 2.75) is 39.2 Å². The van der Waals surface area contributed by atoms with E-state index in [9.17, 15) is 9.59 Å². The van der Waals surface area contributed by atoms with E-state index in [1.807, 2.05) is 4.90 Å². The van der Waals surface area contributed by atoms with Crippen LogP contribution < -0.4 is 0 Å². The third-order valence-electron chi connectivity index (χ3n) is 4.22. The van der Waals surface area contributed by atoms with E-state index in [4.69, 9.17) is 5.11 Å². The Morgan fingerprint density at radius 2 is 1.94 bits per heavy atom. The zero-order valence-corrected chi connectivity index (χ0v) is 11.1. The van der Waals surface area contributed by atoms with Crippen molar-refractivity contribution in [2.24, 2.45) is 11.8 Å². The maximum absolute atomic E-state index is 12.3. The summed E-state index contributed by atoms with van der Waals surface area (Å²) in [5.41, 5.74) is 0. The number of hydrogen-bond acceptors (Lipinski definition) is 2. The van der Waals surface area contributed by atoms with Gasteiger partial charge in [0.15, 0.2) is 0 Å². The zero-order valence-electron chi connectivity index (χ0n) is 11.1. The van der Waals surface area contributed by atoms with Crippen molar-refractivity contribution >= 4 is 12.0 Å². The fraction of sp³-hybridized carbons (Fsp3) is 0.846. The Morgan fingerprint density at radius 3 is 2.50 bits per heavy atom. The van der Waals surface area contributed by atoms with Crippen LogP contribution in [0.2, 0.25) is 0 Å². The highest BCUT2D eigenvalue weighted by molar-refractivity contribution is 5.83. The Morgan fingerprint density at radius 1 is 1.22 bits per heavy atom. The second-order valence-electron chi connectivity index (χ2n) is 5.71. The molecule has 2 amide bonds. The summed E-state index contributed by atoms with van der Waals surface area (Å²) < 4.78 is 0. The number of urea groups is 1. The van der Waals surface area contributed by atoms with Crippen LogP contribution >= 0.6 is 0 Å². The molecule has 5 nitrogen and oxygen atoms in total. The smallest absolute Gasteiger partial charge is 0.326 e. The highest BCUT2D eigenvalue weighted by Crippen LogP contribution is 2.26. The summed E-state index contributed by atoms with van der Waals surface area (Å²) >= 11 is 0. The number of hydrogen-bond donors (Lipinski definition) is 1. The normalized spacial score (nSPS) is 28.2. The van der Waals surface area contributed by atoms with Crippen molar-refractivity contribution in [2.75, 3.05) is 19.6 Å². The second kappa shape index (κ2) is 5.16. The summed E-state index contributed by atoms with van der Waals surface area (Å²) in [6, 6.07) is -0.696. The lowest BCUT2D eigenvalue weighted by molar-refractivity contribution is -0.141. The SMILES string of the molecule is CC(C)C1CCN(C(=O)N2CCC[C@H]2C(=O)O)C1. The number of carboxylic acid groups (broad SMARTS) is 1. The molecule has 0 aromatic rings. The van der Waals surface area contributed by atoms with Gasteiger partial charge in [-0.25, -0.2) is 9.59 Å². The first-order valence-corrected chi connectivity index (χ1v) is 6.79. The van der Waals surface area contributed by atoms with Crippen LogP contribution in [0.5, 0.6) is 0 Å². The van der Waals surface area contributed by atoms with Crippen molar-refractivity contribution in [3.8, 4) is 0 Å². The lowest BCUT2D eigenvalue weighted by Gasteiger charge is -2.27. The lowest BCUT2D eigenvalue weighted by Crippen LogP contribution is -2.47. The third-order valence-corrected chi connectivity index (χ3v) is 4.22. The van der Waals surface area contributed by atoms with Gasteiger partial charge in [0, 0.05) is 19.6 Å². The van der Waals surface area contributed by atoms with Gasteiger partial charge >= 0.3 is 12.0 Å². The van der Waals surface area contributed by atoms with E-state index in [0.29, 0.717) is 24.8 Å². The van der Waals surface area contributed by atoms with E-state index in [0.717, 1.165) is 25.9 Å². The standard InChI is InChI=1S/C13H22N2O3/c1-9(2)10-5-7-14(8-10)13(18)15-6-3-4-11(15)12(16)17/h9-11H,3-8H2,1-2H3,(H,16,17)/t10?,11-/m0/s1. The molecular weight excluding hydrogens is 232 g/mol. The van der Waals surface area contributed by atoms with Crippen LogP contribution in [-0.2, 0) is 4.79 Å². The van der Waals surface area contributed by atoms with Crippen LogP contribution in [0.15, 0.2) is 0 Å². The van der Waals surface area contributed by atoms with Gasteiger partial charge in [0.2, 0.25) is 0 Å². The minimum Gasteiger partial charge on any atom is -0.480 e. The molecule has 0 aliphatic carbocycles. The summed E-state index contributed by atoms with van der Waals surface area (Å²) in [6.45, 7) is 6.48. The van der Waals surface area contributed by atoms with Crippen LogP contribution in [0.25, 0.3) is 0 Å². The van der Waals surface area contributed by atoms with Gasteiger partial charge in [0.1, 0.15) is 6.04 Å².